The maximum absolute atomic E-state index is 13.9. The van der Waals surface area contributed by atoms with Gasteiger partial charge in [-0.3, -0.25) is 9.59 Å². The predicted octanol–water partition coefficient (Wildman–Crippen LogP) is 9.31. The number of Topliss-reactive ketones (excluding diaryl/α,β-unsaturated/α-hetero) is 1. The molecule has 4 saturated carbocycles. The fourth-order valence-corrected chi connectivity index (χ4v) is 11.1. The number of ether oxygens (including phenoxy) is 1. The van der Waals surface area contributed by atoms with E-state index in [1.807, 2.05) is 6.92 Å². The summed E-state index contributed by atoms with van der Waals surface area (Å²) >= 11 is 0. The lowest BCUT2D eigenvalue weighted by atomic mass is 9.44. The van der Waals surface area contributed by atoms with E-state index in [4.69, 9.17) is 4.74 Å². The van der Waals surface area contributed by atoms with Crippen molar-refractivity contribution in [2.75, 3.05) is 0 Å². The van der Waals surface area contributed by atoms with Gasteiger partial charge in [-0.1, -0.05) is 99.8 Å². The van der Waals surface area contributed by atoms with Crippen LogP contribution in [0, 0.1) is 58.2 Å². The van der Waals surface area contributed by atoms with Crippen molar-refractivity contribution in [1.29, 1.82) is 0 Å². The summed E-state index contributed by atoms with van der Waals surface area (Å²) < 4.78 is 6.01. The van der Waals surface area contributed by atoms with E-state index in [0.29, 0.717) is 54.6 Å². The number of esters is 1. The zero-order valence-corrected chi connectivity index (χ0v) is 30.2. The van der Waals surface area contributed by atoms with Crippen LogP contribution in [0.15, 0.2) is 0 Å². The lowest BCUT2D eigenvalue weighted by Gasteiger charge is -2.60. The molecule has 0 unspecified atom stereocenters. The van der Waals surface area contributed by atoms with Crippen LogP contribution in [0.3, 0.4) is 0 Å². The van der Waals surface area contributed by atoms with Gasteiger partial charge in [0.05, 0.1) is 12.2 Å². The van der Waals surface area contributed by atoms with Crippen molar-refractivity contribution in [3.8, 4) is 0 Å². The number of unbranched alkanes of at least 4 members (excludes halogenated alkanes) is 8. The second-order valence-corrected chi connectivity index (χ2v) is 17.2. The molecule has 5 heteroatoms. The van der Waals surface area contributed by atoms with E-state index in [0.717, 1.165) is 51.4 Å². The number of aliphatic hydroxyl groups is 2. The Hall–Kier alpha value is -0.940. The largest absolute Gasteiger partial charge is 0.462 e. The highest BCUT2D eigenvalue weighted by molar-refractivity contribution is 5.83. The van der Waals surface area contributed by atoms with E-state index in [1.54, 1.807) is 0 Å². The third-order valence-corrected chi connectivity index (χ3v) is 14.4. The van der Waals surface area contributed by atoms with E-state index in [9.17, 15) is 19.8 Å². The van der Waals surface area contributed by atoms with Gasteiger partial charge in [0, 0.05) is 18.8 Å². The Balaban J connectivity index is 1.29. The molecule has 0 aromatic carbocycles. The molecule has 0 amide bonds. The van der Waals surface area contributed by atoms with Gasteiger partial charge < -0.3 is 14.9 Å². The minimum absolute atomic E-state index is 0.00647. The zero-order valence-electron chi connectivity index (χ0n) is 30.2. The van der Waals surface area contributed by atoms with Gasteiger partial charge in [-0.15, -0.1) is 0 Å². The Labute approximate surface area is 276 Å². The molecule has 0 aliphatic heterocycles. The molecule has 0 saturated heterocycles. The minimum atomic E-state index is -0.714. The quantitative estimate of drug-likeness (QED) is 0.131. The molecule has 0 aromatic heterocycles. The SMILES string of the molecule is CCCCCCCCCCCC(=O)O[C@H]1CC[C@@]2(C)[C@H](C1)C(=O)C[C@@H]1[C@@H]2CC[C@]2(C)[C@@H]([C@H](C)[C@@H](O)[C@H](O)[C@@H](C)C(C)C)CC[C@@H]12. The molecule has 4 aliphatic carbocycles. The molecule has 4 fully saturated rings. The second-order valence-electron chi connectivity index (χ2n) is 17.2. The van der Waals surface area contributed by atoms with Crippen LogP contribution < -0.4 is 0 Å². The van der Waals surface area contributed by atoms with Crippen LogP contribution >= 0.6 is 0 Å². The predicted molar refractivity (Wildman–Crippen MR) is 183 cm³/mol. The van der Waals surface area contributed by atoms with Crippen molar-refractivity contribution in [3.05, 3.63) is 0 Å². The molecule has 0 heterocycles. The minimum Gasteiger partial charge on any atom is -0.462 e. The van der Waals surface area contributed by atoms with E-state index in [1.165, 1.54) is 44.9 Å². The van der Waals surface area contributed by atoms with E-state index in [-0.39, 0.29) is 40.7 Å². The fraction of sp³-hybridized carbons (Fsp3) is 0.950. The molecule has 45 heavy (non-hydrogen) atoms. The average molecular weight is 631 g/mol. The Morgan fingerprint density at radius 2 is 1.42 bits per heavy atom. The summed E-state index contributed by atoms with van der Waals surface area (Å²) in [5, 5.41) is 22.3. The van der Waals surface area contributed by atoms with Crippen LogP contribution in [0.4, 0.5) is 0 Å². The first-order chi connectivity index (χ1) is 21.3. The van der Waals surface area contributed by atoms with Crippen molar-refractivity contribution in [2.45, 2.75) is 182 Å². The summed E-state index contributed by atoms with van der Waals surface area (Å²) in [6.07, 6.45) is 17.8. The third-order valence-electron chi connectivity index (χ3n) is 14.4. The number of ketones is 1. The van der Waals surface area contributed by atoms with Crippen molar-refractivity contribution in [2.24, 2.45) is 58.2 Å². The fourth-order valence-electron chi connectivity index (χ4n) is 11.1. The smallest absolute Gasteiger partial charge is 0.306 e. The van der Waals surface area contributed by atoms with Gasteiger partial charge in [0.1, 0.15) is 11.9 Å². The molecule has 0 aromatic rings. The van der Waals surface area contributed by atoms with Gasteiger partial charge >= 0.3 is 5.97 Å². The standard InChI is InChI=1S/C40H70O5/c1-8-9-10-11-12-13-14-15-16-17-36(42)45-29-20-22-40(7)33-21-23-39(6)31(28(5)38(44)37(43)27(4)26(2)3)18-19-32(39)30(33)25-35(41)34(40)24-29/h26-34,37-38,43-44H,8-25H2,1-7H3/t27-,28-,29-,30-,31+,32-,33-,34+,37+,38+,39+,40+/m0/s1. The lowest BCUT2D eigenvalue weighted by Crippen LogP contribution is -2.57. The number of fused-ring (bicyclic) bond motifs is 5. The van der Waals surface area contributed by atoms with Gasteiger partial charge in [-0.25, -0.2) is 0 Å². The summed E-state index contributed by atoms with van der Waals surface area (Å²) in [7, 11) is 0. The Bertz CT molecular complexity index is 962. The van der Waals surface area contributed by atoms with E-state index < -0.39 is 12.2 Å². The molecule has 2 N–H and O–H groups in total. The van der Waals surface area contributed by atoms with Crippen LogP contribution in [-0.2, 0) is 14.3 Å². The normalized spacial score (nSPS) is 37.3. The van der Waals surface area contributed by atoms with Gasteiger partial charge in [0.25, 0.3) is 0 Å². The van der Waals surface area contributed by atoms with Crippen LogP contribution in [0.2, 0.25) is 0 Å². The number of carbonyl (C=O) groups is 2. The second kappa shape index (κ2) is 16.0. The number of aliphatic hydroxyl groups excluding tert-OH is 2. The molecule has 0 spiro atoms. The summed E-state index contributed by atoms with van der Waals surface area (Å²) in [6, 6.07) is 0. The van der Waals surface area contributed by atoms with Gasteiger partial charge in [0.15, 0.2) is 0 Å². The highest BCUT2D eigenvalue weighted by Gasteiger charge is 2.63. The summed E-state index contributed by atoms with van der Waals surface area (Å²) in [5.41, 5.74) is 0.0983. The first kappa shape index (κ1) is 36.9. The van der Waals surface area contributed by atoms with Gasteiger partial charge in [0.2, 0.25) is 0 Å². The Morgan fingerprint density at radius 3 is 2.07 bits per heavy atom. The molecule has 4 rings (SSSR count). The van der Waals surface area contributed by atoms with Crippen molar-refractivity contribution < 1.29 is 24.5 Å². The summed E-state index contributed by atoms with van der Waals surface area (Å²) in [4.78, 5) is 26.6. The monoisotopic (exact) mass is 631 g/mol. The maximum atomic E-state index is 13.9. The molecule has 260 valence electrons. The molecular formula is C40H70O5. The highest BCUT2D eigenvalue weighted by Crippen LogP contribution is 2.68. The number of hydrogen-bond acceptors (Lipinski definition) is 5. The van der Waals surface area contributed by atoms with Crippen molar-refractivity contribution >= 4 is 11.8 Å². The van der Waals surface area contributed by atoms with Crippen molar-refractivity contribution in [1.82, 2.24) is 0 Å². The number of hydrogen-bond donors (Lipinski definition) is 2. The van der Waals surface area contributed by atoms with Gasteiger partial charge in [-0.05, 0) is 104 Å². The van der Waals surface area contributed by atoms with Gasteiger partial charge in [-0.2, -0.15) is 0 Å². The van der Waals surface area contributed by atoms with Crippen LogP contribution in [0.25, 0.3) is 0 Å². The first-order valence-electron chi connectivity index (χ1n) is 19.4. The molecular weight excluding hydrogens is 560 g/mol. The average Bonchev–Trinajstić information content (AvgIpc) is 3.36. The Kier molecular flexibility index (Phi) is 13.1. The van der Waals surface area contributed by atoms with E-state index >= 15 is 0 Å². The summed E-state index contributed by atoms with van der Waals surface area (Å²) in [6.45, 7) is 15.5. The molecule has 4 aliphatic rings. The lowest BCUT2D eigenvalue weighted by molar-refractivity contribution is -0.171. The highest BCUT2D eigenvalue weighted by atomic mass is 16.5. The zero-order chi connectivity index (χ0) is 32.9. The third kappa shape index (κ3) is 8.03. The Morgan fingerprint density at radius 1 is 0.822 bits per heavy atom. The topological polar surface area (TPSA) is 83.8 Å². The van der Waals surface area contributed by atoms with Crippen LogP contribution in [0.5, 0.6) is 0 Å². The molecule has 5 nitrogen and oxygen atoms in total. The molecule has 0 radical (unpaired) electrons. The summed E-state index contributed by atoms with van der Waals surface area (Å²) in [5.74, 6) is 2.59. The maximum Gasteiger partial charge on any atom is 0.306 e. The van der Waals surface area contributed by atoms with Crippen LogP contribution in [0.1, 0.15) is 164 Å². The molecule has 12 atom stereocenters. The number of rotatable bonds is 16. The van der Waals surface area contributed by atoms with E-state index in [2.05, 4.69) is 41.5 Å². The molecule has 0 bridgehead atoms. The first-order valence-corrected chi connectivity index (χ1v) is 19.4. The van der Waals surface area contributed by atoms with Crippen molar-refractivity contribution in [3.63, 3.8) is 0 Å². The number of carbonyl (C=O) groups excluding carboxylic acids is 2. The van der Waals surface area contributed by atoms with Crippen LogP contribution in [-0.4, -0.2) is 40.3 Å².